The Labute approximate surface area is 166 Å². The molecular weight excluding hydrogens is 379 g/mol. The lowest BCUT2D eigenvalue weighted by Gasteiger charge is -2.33. The van der Waals surface area contributed by atoms with Gasteiger partial charge in [-0.1, -0.05) is 0 Å². The smallest absolute Gasteiger partial charge is 0.338 e. The van der Waals surface area contributed by atoms with Gasteiger partial charge in [0.25, 0.3) is 0 Å². The molecular formula is C21H19FN2O5. The maximum absolute atomic E-state index is 13.4. The number of Topliss-reactive ketones (excluding diaryl/α,β-unsaturated/α-hetero) is 1. The number of esters is 1. The number of methoxy groups -OCH3 is 1. The normalized spacial score (nSPS) is 17.2. The van der Waals surface area contributed by atoms with E-state index in [1.54, 1.807) is 12.1 Å². The molecule has 2 aromatic carbocycles. The van der Waals surface area contributed by atoms with Gasteiger partial charge in [0, 0.05) is 6.54 Å². The summed E-state index contributed by atoms with van der Waals surface area (Å²) in [6.45, 7) is 0.231. The van der Waals surface area contributed by atoms with Gasteiger partial charge in [0.1, 0.15) is 17.6 Å². The molecule has 0 aromatic heterocycles. The molecule has 2 aromatic rings. The molecule has 8 heteroatoms. The van der Waals surface area contributed by atoms with Crippen molar-refractivity contribution in [1.82, 2.24) is 0 Å². The van der Waals surface area contributed by atoms with E-state index in [1.807, 2.05) is 4.90 Å². The van der Waals surface area contributed by atoms with Crippen molar-refractivity contribution in [2.45, 2.75) is 18.9 Å². The van der Waals surface area contributed by atoms with Crippen LogP contribution in [-0.4, -0.2) is 44.0 Å². The molecule has 2 aliphatic heterocycles. The first-order valence-electron chi connectivity index (χ1n) is 9.23. The van der Waals surface area contributed by atoms with Crippen LogP contribution < -0.4 is 15.0 Å². The van der Waals surface area contributed by atoms with Crippen molar-refractivity contribution in [1.29, 1.82) is 0 Å². The Morgan fingerprint density at radius 2 is 2.07 bits per heavy atom. The van der Waals surface area contributed by atoms with Crippen molar-refractivity contribution >= 4 is 29.0 Å². The Balaban J connectivity index is 1.47. The fourth-order valence-corrected chi connectivity index (χ4v) is 3.75. The first-order valence-corrected chi connectivity index (χ1v) is 9.23. The van der Waals surface area contributed by atoms with E-state index < -0.39 is 24.2 Å². The molecule has 29 heavy (non-hydrogen) atoms. The van der Waals surface area contributed by atoms with Crippen LogP contribution in [-0.2, 0) is 9.53 Å². The van der Waals surface area contributed by atoms with E-state index in [0.29, 0.717) is 5.69 Å². The van der Waals surface area contributed by atoms with Gasteiger partial charge in [0.05, 0.1) is 29.6 Å². The lowest BCUT2D eigenvalue weighted by atomic mass is 10.1. The number of hydrogen-bond acceptors (Lipinski definition) is 6. The summed E-state index contributed by atoms with van der Waals surface area (Å²) in [5, 5.41) is 2.83. The Morgan fingerprint density at radius 1 is 1.24 bits per heavy atom. The summed E-state index contributed by atoms with van der Waals surface area (Å²) < 4.78 is 23.6. The molecule has 7 nitrogen and oxygen atoms in total. The molecule has 1 N–H and O–H groups in total. The highest BCUT2D eigenvalue weighted by molar-refractivity contribution is 6.06. The van der Waals surface area contributed by atoms with Crippen molar-refractivity contribution in [3.63, 3.8) is 0 Å². The monoisotopic (exact) mass is 398 g/mol. The molecule has 2 heterocycles. The Kier molecular flexibility index (Phi) is 4.92. The van der Waals surface area contributed by atoms with Crippen LogP contribution in [0.5, 0.6) is 5.75 Å². The lowest BCUT2D eigenvalue weighted by molar-refractivity contribution is -0.117. The van der Waals surface area contributed by atoms with Gasteiger partial charge in [-0.25, -0.2) is 9.18 Å². The number of fused-ring (bicyclic) bond motifs is 3. The second-order valence-corrected chi connectivity index (χ2v) is 6.92. The molecule has 0 saturated carbocycles. The molecule has 0 aliphatic carbocycles. The molecule has 150 valence electrons. The molecule has 0 radical (unpaired) electrons. The molecule has 0 bridgehead atoms. The summed E-state index contributed by atoms with van der Waals surface area (Å²) in [4.78, 5) is 39.0. The second kappa shape index (κ2) is 7.54. The first-order chi connectivity index (χ1) is 14.0. The summed E-state index contributed by atoms with van der Waals surface area (Å²) in [5.41, 5.74) is 1.61. The average Bonchev–Trinajstić information content (AvgIpc) is 3.22. The molecule has 2 aliphatic rings. The zero-order valence-electron chi connectivity index (χ0n) is 15.7. The van der Waals surface area contributed by atoms with Gasteiger partial charge in [0.15, 0.2) is 6.61 Å². The predicted molar refractivity (Wildman–Crippen MR) is 103 cm³/mol. The highest BCUT2D eigenvalue weighted by Gasteiger charge is 2.36. The molecule has 4 rings (SSSR count). The Bertz CT molecular complexity index is 1010. The van der Waals surface area contributed by atoms with Crippen molar-refractivity contribution in [3.8, 4) is 5.75 Å². The van der Waals surface area contributed by atoms with Crippen LogP contribution in [0.4, 0.5) is 15.8 Å². The molecule has 0 unspecified atom stereocenters. The maximum atomic E-state index is 13.4. The van der Waals surface area contributed by atoms with Gasteiger partial charge in [-0.05, 0) is 49.2 Å². The highest BCUT2D eigenvalue weighted by Crippen LogP contribution is 2.37. The number of nitrogens with one attached hydrogen (secondary N) is 1. The fourth-order valence-electron chi connectivity index (χ4n) is 3.75. The Hall–Kier alpha value is -3.42. The second-order valence-electron chi connectivity index (χ2n) is 6.92. The minimum absolute atomic E-state index is 0.00178. The predicted octanol–water partition coefficient (Wildman–Crippen LogP) is 2.79. The van der Waals surface area contributed by atoms with Gasteiger partial charge < -0.3 is 19.7 Å². The standard InChI is InChI=1S/C21H19FN2O5/c1-28-19-7-5-13(22)10-14(19)18(25)11-29-21(27)12-4-6-16-15(9-12)23-20(26)17-3-2-8-24(16)17/h4-7,9-10,17H,2-3,8,11H2,1H3,(H,23,26)/t17-/m1/s1. The average molecular weight is 398 g/mol. The molecule has 0 spiro atoms. The Morgan fingerprint density at radius 3 is 2.86 bits per heavy atom. The first kappa shape index (κ1) is 18.9. The van der Waals surface area contributed by atoms with E-state index in [4.69, 9.17) is 9.47 Å². The number of halogens is 1. The highest BCUT2D eigenvalue weighted by atomic mass is 19.1. The van der Waals surface area contributed by atoms with Gasteiger partial charge in [-0.2, -0.15) is 0 Å². The third kappa shape index (κ3) is 3.53. The number of ketones is 1. The van der Waals surface area contributed by atoms with Gasteiger partial charge in [-0.15, -0.1) is 0 Å². The summed E-state index contributed by atoms with van der Waals surface area (Å²) in [6.07, 6.45) is 1.74. The van der Waals surface area contributed by atoms with Gasteiger partial charge >= 0.3 is 5.97 Å². The van der Waals surface area contributed by atoms with Crippen molar-refractivity contribution < 1.29 is 28.2 Å². The molecule has 1 saturated heterocycles. The van der Waals surface area contributed by atoms with Crippen molar-refractivity contribution in [3.05, 3.63) is 53.3 Å². The number of amides is 1. The summed E-state index contributed by atoms with van der Waals surface area (Å²) in [7, 11) is 1.36. The molecule has 1 atom stereocenters. The minimum Gasteiger partial charge on any atom is -0.496 e. The quantitative estimate of drug-likeness (QED) is 0.616. The van der Waals surface area contributed by atoms with Crippen LogP contribution in [0, 0.1) is 5.82 Å². The largest absolute Gasteiger partial charge is 0.496 e. The van der Waals surface area contributed by atoms with Crippen LogP contribution in [0.3, 0.4) is 0 Å². The third-order valence-corrected chi connectivity index (χ3v) is 5.15. The zero-order chi connectivity index (χ0) is 20.5. The van der Waals surface area contributed by atoms with Crippen molar-refractivity contribution in [2.24, 2.45) is 0 Å². The summed E-state index contributed by atoms with van der Waals surface area (Å²) in [6, 6.07) is 8.28. The number of carbonyl (C=O) groups is 3. The van der Waals surface area contributed by atoms with Gasteiger partial charge in [-0.3, -0.25) is 9.59 Å². The van der Waals surface area contributed by atoms with E-state index in [9.17, 15) is 18.8 Å². The maximum Gasteiger partial charge on any atom is 0.338 e. The van der Waals surface area contributed by atoms with Gasteiger partial charge in [0.2, 0.25) is 11.7 Å². The van der Waals surface area contributed by atoms with Crippen LogP contribution in [0.15, 0.2) is 36.4 Å². The zero-order valence-corrected chi connectivity index (χ0v) is 15.7. The van der Waals surface area contributed by atoms with Crippen LogP contribution >= 0.6 is 0 Å². The van der Waals surface area contributed by atoms with E-state index in [-0.39, 0.29) is 28.8 Å². The van der Waals surface area contributed by atoms with Crippen LogP contribution in [0.1, 0.15) is 33.6 Å². The number of carbonyl (C=O) groups excluding carboxylic acids is 3. The number of hydrogen-bond donors (Lipinski definition) is 1. The summed E-state index contributed by atoms with van der Waals surface area (Å²) in [5.74, 6) is -1.78. The van der Waals surface area contributed by atoms with Crippen LogP contribution in [0.25, 0.3) is 0 Å². The van der Waals surface area contributed by atoms with E-state index >= 15 is 0 Å². The molecule has 1 fully saturated rings. The number of benzene rings is 2. The van der Waals surface area contributed by atoms with Crippen LogP contribution in [0.2, 0.25) is 0 Å². The number of ether oxygens (including phenoxy) is 2. The van der Waals surface area contributed by atoms with E-state index in [1.165, 1.54) is 25.3 Å². The SMILES string of the molecule is COc1ccc(F)cc1C(=O)COC(=O)c1ccc2c(c1)NC(=O)[C@H]1CCCN21. The molecule has 1 amide bonds. The fraction of sp³-hybridized carbons (Fsp3) is 0.286. The van der Waals surface area contributed by atoms with E-state index in [2.05, 4.69) is 5.32 Å². The third-order valence-electron chi connectivity index (χ3n) is 5.15. The minimum atomic E-state index is -0.714. The number of anilines is 2. The number of rotatable bonds is 5. The van der Waals surface area contributed by atoms with Crippen molar-refractivity contribution in [2.75, 3.05) is 30.5 Å². The number of nitrogens with zero attached hydrogens (tertiary/aromatic N) is 1. The van der Waals surface area contributed by atoms with E-state index in [0.717, 1.165) is 31.1 Å². The lowest BCUT2D eigenvalue weighted by Crippen LogP contribution is -2.43. The topological polar surface area (TPSA) is 84.9 Å². The summed E-state index contributed by atoms with van der Waals surface area (Å²) >= 11 is 0.